The third kappa shape index (κ3) is 2.45. The molecular formula is C19H14F2N4O. The first-order valence-electron chi connectivity index (χ1n) is 7.80. The van der Waals surface area contributed by atoms with Crippen molar-refractivity contribution in [3.8, 4) is 28.3 Å². The first-order chi connectivity index (χ1) is 12.6. The molecule has 0 aliphatic rings. The number of imidazole rings is 1. The second kappa shape index (κ2) is 6.11. The molecule has 7 heteroatoms. The van der Waals surface area contributed by atoms with Crippen LogP contribution in [-0.4, -0.2) is 21.5 Å². The Bertz CT molecular complexity index is 1100. The Morgan fingerprint density at radius 2 is 1.92 bits per heavy atom. The Balaban J connectivity index is 1.93. The van der Waals surface area contributed by atoms with Gasteiger partial charge in [-0.2, -0.15) is 0 Å². The van der Waals surface area contributed by atoms with E-state index in [9.17, 15) is 8.78 Å². The van der Waals surface area contributed by atoms with Crippen LogP contribution in [0.1, 0.15) is 0 Å². The van der Waals surface area contributed by atoms with Crippen molar-refractivity contribution in [2.75, 3.05) is 12.8 Å². The molecule has 26 heavy (non-hydrogen) atoms. The molecule has 2 aromatic heterocycles. The molecular weight excluding hydrogens is 338 g/mol. The highest BCUT2D eigenvalue weighted by atomic mass is 19.1. The fourth-order valence-electron chi connectivity index (χ4n) is 2.95. The van der Waals surface area contributed by atoms with E-state index >= 15 is 0 Å². The molecule has 0 atom stereocenters. The van der Waals surface area contributed by atoms with E-state index in [-0.39, 0.29) is 16.8 Å². The van der Waals surface area contributed by atoms with E-state index in [4.69, 9.17) is 10.5 Å². The normalized spacial score (nSPS) is 11.0. The number of aromatic nitrogens is 3. The second-order valence-corrected chi connectivity index (χ2v) is 5.67. The van der Waals surface area contributed by atoms with Crippen molar-refractivity contribution in [1.82, 2.24) is 14.4 Å². The van der Waals surface area contributed by atoms with Gasteiger partial charge < -0.3 is 10.5 Å². The molecule has 0 aliphatic carbocycles. The highest BCUT2D eigenvalue weighted by Gasteiger charge is 2.16. The minimum absolute atomic E-state index is 0.0416. The summed E-state index contributed by atoms with van der Waals surface area (Å²) in [6.45, 7) is 0. The van der Waals surface area contributed by atoms with E-state index in [1.54, 1.807) is 35.1 Å². The Kier molecular flexibility index (Phi) is 3.76. The van der Waals surface area contributed by atoms with E-state index in [0.29, 0.717) is 22.8 Å². The fraction of sp³-hybridized carbons (Fsp3) is 0.0526. The molecule has 2 N–H and O–H groups in total. The van der Waals surface area contributed by atoms with E-state index in [1.807, 2.05) is 0 Å². The lowest BCUT2D eigenvalue weighted by Crippen LogP contribution is -1.97. The van der Waals surface area contributed by atoms with E-state index in [0.717, 1.165) is 0 Å². The molecule has 0 bridgehead atoms. The zero-order valence-electron chi connectivity index (χ0n) is 13.8. The van der Waals surface area contributed by atoms with Gasteiger partial charge in [-0.3, -0.25) is 4.40 Å². The average molecular weight is 352 g/mol. The van der Waals surface area contributed by atoms with Gasteiger partial charge in [-0.15, -0.1) is 0 Å². The molecule has 130 valence electrons. The topological polar surface area (TPSA) is 65.4 Å². The van der Waals surface area contributed by atoms with Gasteiger partial charge >= 0.3 is 0 Å². The van der Waals surface area contributed by atoms with Crippen molar-refractivity contribution < 1.29 is 13.5 Å². The van der Waals surface area contributed by atoms with Crippen LogP contribution in [0.2, 0.25) is 0 Å². The molecule has 0 radical (unpaired) electrons. The summed E-state index contributed by atoms with van der Waals surface area (Å²) in [7, 11) is 1.51. The Labute approximate surface area is 147 Å². The number of anilines is 1. The summed E-state index contributed by atoms with van der Waals surface area (Å²) in [6, 6.07) is 8.72. The van der Waals surface area contributed by atoms with Crippen molar-refractivity contribution in [1.29, 1.82) is 0 Å². The largest absolute Gasteiger partial charge is 0.478 e. The van der Waals surface area contributed by atoms with Crippen LogP contribution >= 0.6 is 0 Å². The number of ether oxygens (including phenoxy) is 1. The molecule has 2 heterocycles. The van der Waals surface area contributed by atoms with Crippen LogP contribution in [0.25, 0.3) is 28.0 Å². The molecule has 4 rings (SSSR count). The molecule has 2 aromatic carbocycles. The van der Waals surface area contributed by atoms with E-state index in [1.165, 1.54) is 31.4 Å². The lowest BCUT2D eigenvalue weighted by Gasteiger charge is -2.11. The first kappa shape index (κ1) is 16.0. The first-order valence-corrected chi connectivity index (χ1v) is 7.80. The van der Waals surface area contributed by atoms with Gasteiger partial charge in [-0.05, 0) is 30.3 Å². The summed E-state index contributed by atoms with van der Waals surface area (Å²) >= 11 is 0. The number of nitrogens with zero attached hydrogens (tertiary/aromatic N) is 3. The number of hydrogen-bond donors (Lipinski definition) is 1. The second-order valence-electron chi connectivity index (χ2n) is 5.67. The molecule has 4 aromatic rings. The minimum Gasteiger partial charge on any atom is -0.478 e. The maximum absolute atomic E-state index is 14.4. The summed E-state index contributed by atoms with van der Waals surface area (Å²) in [5.41, 5.74) is 8.05. The maximum atomic E-state index is 14.4. The number of nitrogen functional groups attached to an aromatic ring is 1. The van der Waals surface area contributed by atoms with Crippen LogP contribution in [-0.2, 0) is 0 Å². The zero-order chi connectivity index (χ0) is 18.3. The van der Waals surface area contributed by atoms with Crippen molar-refractivity contribution in [3.05, 3.63) is 66.6 Å². The average Bonchev–Trinajstić information content (AvgIpc) is 3.07. The standard InChI is InChI=1S/C19H14F2N4O/c1-26-19-18-24-10-16(25(18)8-7-23-19)11-5-6-13(20)12(9-11)17-14(21)3-2-4-15(17)22/h2-10H,22H2,1H3. The van der Waals surface area contributed by atoms with Crippen molar-refractivity contribution >= 4 is 11.3 Å². The molecule has 0 fully saturated rings. The minimum atomic E-state index is -0.579. The molecule has 0 spiro atoms. The number of hydrogen-bond acceptors (Lipinski definition) is 4. The number of methoxy groups -OCH3 is 1. The van der Waals surface area contributed by atoms with Crippen LogP contribution in [0.5, 0.6) is 5.88 Å². The number of fused-ring (bicyclic) bond motifs is 1. The summed E-state index contributed by atoms with van der Waals surface area (Å²) in [4.78, 5) is 8.41. The number of halogens is 2. The molecule has 0 saturated heterocycles. The monoisotopic (exact) mass is 352 g/mol. The highest BCUT2D eigenvalue weighted by molar-refractivity contribution is 5.80. The van der Waals surface area contributed by atoms with Gasteiger partial charge in [-0.25, -0.2) is 18.7 Å². The Hall–Kier alpha value is -3.48. The summed E-state index contributed by atoms with van der Waals surface area (Å²) in [5.74, 6) is -0.761. The maximum Gasteiger partial charge on any atom is 0.258 e. The van der Waals surface area contributed by atoms with Gasteiger partial charge in [0.15, 0.2) is 0 Å². The summed E-state index contributed by atoms with van der Waals surface area (Å²) in [5, 5.41) is 0. The van der Waals surface area contributed by atoms with Crippen molar-refractivity contribution in [2.45, 2.75) is 0 Å². The molecule has 0 amide bonds. The van der Waals surface area contributed by atoms with Crippen molar-refractivity contribution in [3.63, 3.8) is 0 Å². The predicted octanol–water partition coefficient (Wildman–Crippen LogP) is 3.93. The third-order valence-corrected chi connectivity index (χ3v) is 4.17. The quantitative estimate of drug-likeness (QED) is 0.567. The summed E-state index contributed by atoms with van der Waals surface area (Å²) < 4.78 is 35.6. The van der Waals surface area contributed by atoms with Crippen LogP contribution in [0.3, 0.4) is 0 Å². The summed E-state index contributed by atoms with van der Waals surface area (Å²) in [6.07, 6.45) is 4.93. The zero-order valence-corrected chi connectivity index (χ0v) is 13.8. The predicted molar refractivity (Wildman–Crippen MR) is 94.7 cm³/mol. The number of benzene rings is 2. The SMILES string of the molecule is COc1nccn2c(-c3ccc(F)c(-c4c(N)cccc4F)c3)cnc12. The van der Waals surface area contributed by atoms with Gasteiger partial charge in [0, 0.05) is 34.8 Å². The number of rotatable bonds is 3. The van der Waals surface area contributed by atoms with Gasteiger partial charge in [-0.1, -0.05) is 6.07 Å². The highest BCUT2D eigenvalue weighted by Crippen LogP contribution is 2.34. The molecule has 0 aliphatic heterocycles. The molecule has 0 saturated carbocycles. The lowest BCUT2D eigenvalue weighted by atomic mass is 9.99. The van der Waals surface area contributed by atoms with Crippen LogP contribution in [0.15, 0.2) is 55.0 Å². The van der Waals surface area contributed by atoms with Gasteiger partial charge in [0.2, 0.25) is 5.65 Å². The fourth-order valence-corrected chi connectivity index (χ4v) is 2.95. The Morgan fingerprint density at radius 1 is 1.08 bits per heavy atom. The van der Waals surface area contributed by atoms with E-state index < -0.39 is 11.6 Å². The van der Waals surface area contributed by atoms with Gasteiger partial charge in [0.05, 0.1) is 19.0 Å². The molecule has 0 unspecified atom stereocenters. The van der Waals surface area contributed by atoms with Crippen LogP contribution in [0, 0.1) is 11.6 Å². The third-order valence-electron chi connectivity index (χ3n) is 4.17. The van der Waals surface area contributed by atoms with Crippen LogP contribution < -0.4 is 10.5 Å². The van der Waals surface area contributed by atoms with Gasteiger partial charge in [0.1, 0.15) is 11.6 Å². The van der Waals surface area contributed by atoms with E-state index in [2.05, 4.69) is 9.97 Å². The lowest BCUT2D eigenvalue weighted by molar-refractivity contribution is 0.400. The van der Waals surface area contributed by atoms with Crippen molar-refractivity contribution in [2.24, 2.45) is 0 Å². The molecule has 5 nitrogen and oxygen atoms in total. The van der Waals surface area contributed by atoms with Gasteiger partial charge in [0.25, 0.3) is 5.88 Å². The Morgan fingerprint density at radius 3 is 2.69 bits per heavy atom. The smallest absolute Gasteiger partial charge is 0.258 e. The number of nitrogens with two attached hydrogens (primary N) is 1. The van der Waals surface area contributed by atoms with Crippen LogP contribution in [0.4, 0.5) is 14.5 Å².